The lowest BCUT2D eigenvalue weighted by Crippen LogP contribution is -2.48. The number of hydrogen-bond acceptors (Lipinski definition) is 4. The van der Waals surface area contributed by atoms with Gasteiger partial charge in [-0.2, -0.15) is 0 Å². The number of nitrogens with zero attached hydrogens (tertiary/aromatic N) is 2. The number of rotatable bonds is 6. The van der Waals surface area contributed by atoms with Crippen molar-refractivity contribution in [3.05, 3.63) is 88.1 Å². The molecule has 0 N–H and O–H groups in total. The normalized spacial score (nSPS) is 14.6. The summed E-state index contributed by atoms with van der Waals surface area (Å²) in [6, 6.07) is 15.5. The number of carbonyl (C=O) groups is 1. The molecule has 31 heavy (non-hydrogen) atoms. The quantitative estimate of drug-likeness (QED) is 0.543. The summed E-state index contributed by atoms with van der Waals surface area (Å²) < 4.78 is 24.9. The first-order chi connectivity index (χ1) is 15.0. The molecule has 0 atom stereocenters. The molecule has 0 aliphatic carbocycles. The van der Waals surface area contributed by atoms with Crippen molar-refractivity contribution >= 4 is 17.5 Å². The van der Waals surface area contributed by atoms with Crippen LogP contribution in [0.1, 0.15) is 27.4 Å². The van der Waals surface area contributed by atoms with Gasteiger partial charge in [-0.25, -0.2) is 4.39 Å². The molecule has 2 heterocycles. The van der Waals surface area contributed by atoms with Crippen LogP contribution in [0.25, 0.3) is 0 Å². The number of furan rings is 1. The van der Waals surface area contributed by atoms with E-state index in [4.69, 9.17) is 20.8 Å². The van der Waals surface area contributed by atoms with E-state index in [-0.39, 0.29) is 18.3 Å². The molecule has 1 fully saturated rings. The highest BCUT2D eigenvalue weighted by Gasteiger charge is 2.24. The van der Waals surface area contributed by atoms with Gasteiger partial charge in [-0.3, -0.25) is 9.69 Å². The van der Waals surface area contributed by atoms with Crippen LogP contribution in [0.5, 0.6) is 5.75 Å². The Bertz CT molecular complexity index is 1060. The van der Waals surface area contributed by atoms with Gasteiger partial charge in [0.15, 0.2) is 5.76 Å². The summed E-state index contributed by atoms with van der Waals surface area (Å²) in [4.78, 5) is 16.8. The first kappa shape index (κ1) is 21.4. The van der Waals surface area contributed by atoms with Gasteiger partial charge in [0.25, 0.3) is 5.91 Å². The number of halogens is 2. The zero-order chi connectivity index (χ0) is 21.8. The lowest BCUT2D eigenvalue weighted by Gasteiger charge is -2.34. The Labute approximate surface area is 186 Å². The summed E-state index contributed by atoms with van der Waals surface area (Å²) in [6.45, 7) is 5.49. The Balaban J connectivity index is 1.29. The lowest BCUT2D eigenvalue weighted by molar-refractivity contribution is 0.0594. The molecular formula is C24H24ClFN2O3. The summed E-state index contributed by atoms with van der Waals surface area (Å²) in [5.74, 6) is 1.27. The maximum atomic E-state index is 13.4. The first-order valence-electron chi connectivity index (χ1n) is 10.2. The second-order valence-corrected chi connectivity index (χ2v) is 8.10. The van der Waals surface area contributed by atoms with Gasteiger partial charge in [0.05, 0.1) is 0 Å². The SMILES string of the molecule is Cc1cc(Cl)ccc1OCc1ccc(C(=O)N2CCN(Cc3cccc(F)c3)CC2)o1. The minimum atomic E-state index is -0.227. The summed E-state index contributed by atoms with van der Waals surface area (Å²) >= 11 is 5.97. The van der Waals surface area contributed by atoms with Gasteiger partial charge in [0.2, 0.25) is 0 Å². The predicted octanol–water partition coefficient (Wildman–Crippen LogP) is 4.92. The Morgan fingerprint density at radius 2 is 1.90 bits per heavy atom. The molecule has 1 aliphatic heterocycles. The number of piperazine rings is 1. The van der Waals surface area contributed by atoms with Crippen LogP contribution in [0.2, 0.25) is 5.02 Å². The van der Waals surface area contributed by atoms with Crippen LogP contribution in [0.3, 0.4) is 0 Å². The number of benzene rings is 2. The number of carbonyl (C=O) groups excluding carboxylic acids is 1. The zero-order valence-corrected chi connectivity index (χ0v) is 18.1. The van der Waals surface area contributed by atoms with E-state index in [1.54, 1.807) is 35.2 Å². The fourth-order valence-corrected chi connectivity index (χ4v) is 3.88. The molecule has 2 aromatic carbocycles. The van der Waals surface area contributed by atoms with Crippen molar-refractivity contribution in [2.75, 3.05) is 26.2 Å². The Kier molecular flexibility index (Phi) is 6.59. The van der Waals surface area contributed by atoms with E-state index in [0.717, 1.165) is 30.0 Å². The Hall–Kier alpha value is -2.83. The molecule has 7 heteroatoms. The van der Waals surface area contributed by atoms with Crippen LogP contribution in [-0.4, -0.2) is 41.9 Å². The third kappa shape index (κ3) is 5.46. The monoisotopic (exact) mass is 442 g/mol. The molecule has 0 saturated carbocycles. The maximum Gasteiger partial charge on any atom is 0.289 e. The van der Waals surface area contributed by atoms with E-state index in [1.807, 2.05) is 25.1 Å². The third-order valence-electron chi connectivity index (χ3n) is 5.33. The van der Waals surface area contributed by atoms with Crippen molar-refractivity contribution in [3.8, 4) is 5.75 Å². The van der Waals surface area contributed by atoms with Crippen molar-refractivity contribution in [1.82, 2.24) is 9.80 Å². The van der Waals surface area contributed by atoms with E-state index >= 15 is 0 Å². The van der Waals surface area contributed by atoms with Crippen LogP contribution in [0, 0.1) is 12.7 Å². The third-order valence-corrected chi connectivity index (χ3v) is 5.57. The van der Waals surface area contributed by atoms with Gasteiger partial charge in [-0.15, -0.1) is 0 Å². The highest BCUT2D eigenvalue weighted by atomic mass is 35.5. The van der Waals surface area contributed by atoms with Gasteiger partial charge in [0.1, 0.15) is 23.9 Å². The van der Waals surface area contributed by atoms with Crippen LogP contribution in [-0.2, 0) is 13.2 Å². The van der Waals surface area contributed by atoms with Gasteiger partial charge in [-0.05, 0) is 60.5 Å². The summed E-state index contributed by atoms with van der Waals surface area (Å²) in [5, 5.41) is 0.659. The molecule has 1 amide bonds. The van der Waals surface area contributed by atoms with Crippen molar-refractivity contribution in [1.29, 1.82) is 0 Å². The first-order valence-corrected chi connectivity index (χ1v) is 10.6. The van der Waals surface area contributed by atoms with E-state index in [0.29, 0.717) is 36.2 Å². The number of ether oxygens (including phenoxy) is 1. The topological polar surface area (TPSA) is 45.9 Å². The average molecular weight is 443 g/mol. The van der Waals surface area contributed by atoms with Gasteiger partial charge >= 0.3 is 0 Å². The molecule has 0 spiro atoms. The van der Waals surface area contributed by atoms with Gasteiger partial charge in [0, 0.05) is 37.7 Å². The Morgan fingerprint density at radius 1 is 1.10 bits per heavy atom. The Morgan fingerprint density at radius 3 is 2.65 bits per heavy atom. The smallest absolute Gasteiger partial charge is 0.289 e. The predicted molar refractivity (Wildman–Crippen MR) is 117 cm³/mol. The lowest BCUT2D eigenvalue weighted by atomic mass is 10.2. The summed E-state index contributed by atoms with van der Waals surface area (Å²) in [6.07, 6.45) is 0. The van der Waals surface area contributed by atoms with Crippen molar-refractivity contribution in [2.24, 2.45) is 0 Å². The fraction of sp³-hybridized carbons (Fsp3) is 0.292. The van der Waals surface area contributed by atoms with Gasteiger partial charge in [-0.1, -0.05) is 23.7 Å². The molecule has 1 aromatic heterocycles. The van der Waals surface area contributed by atoms with Crippen LogP contribution < -0.4 is 4.74 Å². The van der Waals surface area contributed by atoms with Crippen LogP contribution in [0.4, 0.5) is 4.39 Å². The number of amides is 1. The van der Waals surface area contributed by atoms with E-state index in [9.17, 15) is 9.18 Å². The molecule has 1 aliphatic rings. The minimum Gasteiger partial charge on any atom is -0.485 e. The molecule has 5 nitrogen and oxygen atoms in total. The largest absolute Gasteiger partial charge is 0.485 e. The molecule has 4 rings (SSSR count). The molecular weight excluding hydrogens is 419 g/mol. The molecule has 162 valence electrons. The van der Waals surface area contributed by atoms with Gasteiger partial charge < -0.3 is 14.1 Å². The highest BCUT2D eigenvalue weighted by Crippen LogP contribution is 2.23. The molecule has 0 radical (unpaired) electrons. The zero-order valence-electron chi connectivity index (χ0n) is 17.3. The van der Waals surface area contributed by atoms with Crippen LogP contribution >= 0.6 is 11.6 Å². The fourth-order valence-electron chi connectivity index (χ4n) is 3.65. The second kappa shape index (κ2) is 9.54. The minimum absolute atomic E-state index is 0.126. The molecule has 3 aromatic rings. The van der Waals surface area contributed by atoms with Crippen molar-refractivity contribution < 1.29 is 18.3 Å². The highest BCUT2D eigenvalue weighted by molar-refractivity contribution is 6.30. The second-order valence-electron chi connectivity index (χ2n) is 7.66. The number of hydrogen-bond donors (Lipinski definition) is 0. The van der Waals surface area contributed by atoms with E-state index in [2.05, 4.69) is 4.90 Å². The standard InChI is InChI=1S/C24H24ClFN2O3/c1-17-13-19(25)5-7-22(17)30-16-21-6-8-23(31-21)24(29)28-11-9-27(10-12-28)15-18-3-2-4-20(26)14-18/h2-8,13-14H,9-12,15-16H2,1H3. The van der Waals surface area contributed by atoms with Crippen LogP contribution in [0.15, 0.2) is 59.0 Å². The average Bonchev–Trinajstić information content (AvgIpc) is 3.22. The van der Waals surface area contributed by atoms with Crippen molar-refractivity contribution in [3.63, 3.8) is 0 Å². The summed E-state index contributed by atoms with van der Waals surface area (Å²) in [7, 11) is 0. The van der Waals surface area contributed by atoms with E-state index < -0.39 is 0 Å². The number of aryl methyl sites for hydroxylation is 1. The molecule has 0 bridgehead atoms. The van der Waals surface area contributed by atoms with Crippen molar-refractivity contribution in [2.45, 2.75) is 20.1 Å². The molecule has 1 saturated heterocycles. The van der Waals surface area contributed by atoms with E-state index in [1.165, 1.54) is 6.07 Å². The summed E-state index contributed by atoms with van der Waals surface area (Å²) in [5.41, 5.74) is 1.87. The maximum absolute atomic E-state index is 13.4. The molecule has 0 unspecified atom stereocenters.